The maximum Gasteiger partial charge on any atom is 0.328 e. The highest BCUT2D eigenvalue weighted by molar-refractivity contribution is 6.21. The summed E-state index contributed by atoms with van der Waals surface area (Å²) in [5, 5.41) is 4.30. The molecule has 0 saturated carbocycles. The molecule has 1 fully saturated rings. The molecule has 1 aliphatic heterocycles. The number of imide groups is 2. The van der Waals surface area contributed by atoms with Gasteiger partial charge in [-0.2, -0.15) is 0 Å². The SMILES string of the molecule is CC=C(CC)C1(CC)C(=O)NC(=O)NC1=O. The van der Waals surface area contributed by atoms with Crippen LogP contribution in [0.5, 0.6) is 0 Å². The molecule has 1 heterocycles. The third kappa shape index (κ3) is 1.62. The molecule has 2 N–H and O–H groups in total. The van der Waals surface area contributed by atoms with Gasteiger partial charge in [-0.3, -0.25) is 20.2 Å². The summed E-state index contributed by atoms with van der Waals surface area (Å²) in [7, 11) is 0. The molecule has 16 heavy (non-hydrogen) atoms. The number of hydrogen-bond acceptors (Lipinski definition) is 3. The molecular weight excluding hydrogens is 208 g/mol. The predicted octanol–water partition coefficient (Wildman–Crippen LogP) is 1.11. The first-order chi connectivity index (χ1) is 7.52. The molecule has 1 aliphatic rings. The number of barbiturate groups is 1. The predicted molar refractivity (Wildman–Crippen MR) is 58.5 cm³/mol. The lowest BCUT2D eigenvalue weighted by molar-refractivity contribution is -0.142. The van der Waals surface area contributed by atoms with E-state index in [-0.39, 0.29) is 0 Å². The van der Waals surface area contributed by atoms with Crippen LogP contribution in [0.1, 0.15) is 33.6 Å². The van der Waals surface area contributed by atoms with Gasteiger partial charge in [-0.05, 0) is 25.3 Å². The highest BCUT2D eigenvalue weighted by Crippen LogP contribution is 2.35. The number of hydrogen-bond donors (Lipinski definition) is 2. The zero-order valence-corrected chi connectivity index (χ0v) is 9.72. The third-order valence-electron chi connectivity index (χ3n) is 3.04. The van der Waals surface area contributed by atoms with E-state index in [1.165, 1.54) is 0 Å². The van der Waals surface area contributed by atoms with Crippen molar-refractivity contribution in [2.24, 2.45) is 5.41 Å². The van der Waals surface area contributed by atoms with Gasteiger partial charge in [0.2, 0.25) is 11.8 Å². The zero-order chi connectivity index (χ0) is 12.3. The van der Waals surface area contributed by atoms with Gasteiger partial charge >= 0.3 is 6.03 Å². The smallest absolute Gasteiger partial charge is 0.277 e. The van der Waals surface area contributed by atoms with Crippen molar-refractivity contribution in [2.75, 3.05) is 0 Å². The van der Waals surface area contributed by atoms with Gasteiger partial charge in [-0.15, -0.1) is 0 Å². The fourth-order valence-corrected chi connectivity index (χ4v) is 2.15. The Morgan fingerprint density at radius 3 is 2.00 bits per heavy atom. The fraction of sp³-hybridized carbons (Fsp3) is 0.545. The quantitative estimate of drug-likeness (QED) is 0.557. The Kier molecular flexibility index (Phi) is 3.47. The van der Waals surface area contributed by atoms with Crippen LogP contribution < -0.4 is 10.6 Å². The summed E-state index contributed by atoms with van der Waals surface area (Å²) < 4.78 is 0. The van der Waals surface area contributed by atoms with Crippen LogP contribution in [0.25, 0.3) is 0 Å². The molecule has 0 aliphatic carbocycles. The molecular formula is C11H16N2O3. The molecule has 1 rings (SSSR count). The average molecular weight is 224 g/mol. The summed E-state index contributed by atoms with van der Waals surface area (Å²) in [4.78, 5) is 34.8. The summed E-state index contributed by atoms with van der Waals surface area (Å²) in [6, 6.07) is -0.745. The lowest BCUT2D eigenvalue weighted by atomic mass is 9.73. The van der Waals surface area contributed by atoms with Crippen molar-refractivity contribution < 1.29 is 14.4 Å². The second-order valence-corrected chi connectivity index (χ2v) is 3.66. The molecule has 0 aromatic heterocycles. The van der Waals surface area contributed by atoms with Crippen molar-refractivity contribution in [3.63, 3.8) is 0 Å². The second kappa shape index (κ2) is 4.47. The normalized spacial score (nSPS) is 20.4. The maximum absolute atomic E-state index is 11.9. The minimum absolute atomic E-state index is 0.339. The Labute approximate surface area is 94.3 Å². The first kappa shape index (κ1) is 12.4. The van der Waals surface area contributed by atoms with Gasteiger partial charge in [0.25, 0.3) is 0 Å². The lowest BCUT2D eigenvalue weighted by Gasteiger charge is -2.34. The molecule has 0 aromatic rings. The molecule has 0 radical (unpaired) electrons. The van der Waals surface area contributed by atoms with Crippen LogP contribution in [-0.2, 0) is 9.59 Å². The van der Waals surface area contributed by atoms with E-state index in [1.54, 1.807) is 19.9 Å². The maximum atomic E-state index is 11.9. The molecule has 0 bridgehead atoms. The molecule has 0 unspecified atom stereocenters. The number of nitrogens with one attached hydrogen (secondary N) is 2. The van der Waals surface area contributed by atoms with E-state index in [0.717, 1.165) is 5.57 Å². The van der Waals surface area contributed by atoms with Crippen molar-refractivity contribution in [1.29, 1.82) is 0 Å². The van der Waals surface area contributed by atoms with E-state index in [2.05, 4.69) is 10.6 Å². The van der Waals surface area contributed by atoms with Gasteiger partial charge in [-0.1, -0.05) is 19.9 Å². The summed E-state index contributed by atoms with van der Waals surface area (Å²) in [6.45, 7) is 5.42. The van der Waals surface area contributed by atoms with Crippen LogP contribution >= 0.6 is 0 Å². The highest BCUT2D eigenvalue weighted by Gasteiger charge is 2.50. The minimum Gasteiger partial charge on any atom is -0.277 e. The molecule has 4 amide bonds. The van der Waals surface area contributed by atoms with Crippen LogP contribution in [-0.4, -0.2) is 17.8 Å². The number of rotatable bonds is 3. The number of amides is 4. The largest absolute Gasteiger partial charge is 0.328 e. The summed E-state index contributed by atoms with van der Waals surface area (Å²) in [5.74, 6) is -1.06. The van der Waals surface area contributed by atoms with Gasteiger partial charge < -0.3 is 0 Å². The number of carbonyl (C=O) groups is 3. The topological polar surface area (TPSA) is 75.3 Å². The Bertz CT molecular complexity index is 351. The van der Waals surface area contributed by atoms with E-state index in [1.807, 2.05) is 6.92 Å². The van der Waals surface area contributed by atoms with Gasteiger partial charge in [0.15, 0.2) is 0 Å². The van der Waals surface area contributed by atoms with Crippen LogP contribution in [0.3, 0.4) is 0 Å². The van der Waals surface area contributed by atoms with Crippen molar-refractivity contribution in [2.45, 2.75) is 33.6 Å². The average Bonchev–Trinajstić information content (AvgIpc) is 2.23. The Hall–Kier alpha value is -1.65. The van der Waals surface area contributed by atoms with E-state index in [4.69, 9.17) is 0 Å². The molecule has 0 aromatic carbocycles. The molecule has 5 heteroatoms. The van der Waals surface area contributed by atoms with Crippen molar-refractivity contribution in [3.05, 3.63) is 11.6 Å². The standard InChI is InChI=1S/C11H16N2O3/c1-4-7(5-2)11(6-3)8(14)12-10(16)13-9(11)15/h4H,5-6H2,1-3H3,(H2,12,13,14,15,16). The molecule has 5 nitrogen and oxygen atoms in total. The summed E-state index contributed by atoms with van der Waals surface area (Å²) >= 11 is 0. The first-order valence-electron chi connectivity index (χ1n) is 5.35. The van der Waals surface area contributed by atoms with Gasteiger partial charge in [0.1, 0.15) is 5.41 Å². The molecule has 88 valence electrons. The molecule has 0 spiro atoms. The Balaban J connectivity index is 3.25. The second-order valence-electron chi connectivity index (χ2n) is 3.66. The van der Waals surface area contributed by atoms with E-state index >= 15 is 0 Å². The number of urea groups is 1. The van der Waals surface area contributed by atoms with E-state index < -0.39 is 23.3 Å². The Morgan fingerprint density at radius 2 is 1.69 bits per heavy atom. The molecule has 0 atom stereocenters. The Morgan fingerprint density at radius 1 is 1.19 bits per heavy atom. The molecule has 1 saturated heterocycles. The van der Waals surface area contributed by atoms with Crippen molar-refractivity contribution in [3.8, 4) is 0 Å². The van der Waals surface area contributed by atoms with Gasteiger partial charge in [0.05, 0.1) is 0 Å². The fourth-order valence-electron chi connectivity index (χ4n) is 2.15. The zero-order valence-electron chi connectivity index (χ0n) is 9.72. The van der Waals surface area contributed by atoms with Crippen LogP contribution in [0, 0.1) is 5.41 Å². The van der Waals surface area contributed by atoms with Crippen LogP contribution in [0.2, 0.25) is 0 Å². The van der Waals surface area contributed by atoms with Gasteiger partial charge in [-0.25, -0.2) is 4.79 Å². The van der Waals surface area contributed by atoms with Crippen molar-refractivity contribution in [1.82, 2.24) is 10.6 Å². The number of allylic oxidation sites excluding steroid dienone is 1. The number of carbonyl (C=O) groups excluding carboxylic acids is 3. The van der Waals surface area contributed by atoms with Crippen molar-refractivity contribution >= 4 is 17.8 Å². The third-order valence-corrected chi connectivity index (χ3v) is 3.04. The first-order valence-corrected chi connectivity index (χ1v) is 5.35. The highest BCUT2D eigenvalue weighted by atomic mass is 16.2. The minimum atomic E-state index is -1.22. The van der Waals surface area contributed by atoms with E-state index in [9.17, 15) is 14.4 Å². The summed E-state index contributed by atoms with van der Waals surface area (Å²) in [5.41, 5.74) is -0.491. The van der Waals surface area contributed by atoms with Crippen LogP contribution in [0.4, 0.5) is 4.79 Å². The lowest BCUT2D eigenvalue weighted by Crippen LogP contribution is -2.62. The van der Waals surface area contributed by atoms with Crippen LogP contribution in [0.15, 0.2) is 11.6 Å². The monoisotopic (exact) mass is 224 g/mol. The summed E-state index contributed by atoms with van der Waals surface area (Å²) in [6.07, 6.45) is 2.70. The van der Waals surface area contributed by atoms with E-state index in [0.29, 0.717) is 12.8 Å². The van der Waals surface area contributed by atoms with Gasteiger partial charge in [0, 0.05) is 0 Å².